The quantitative estimate of drug-likeness (QED) is 0.674. The van der Waals surface area contributed by atoms with Gasteiger partial charge in [-0.15, -0.1) is 10.2 Å². The predicted molar refractivity (Wildman–Crippen MR) is 113 cm³/mol. The zero-order valence-electron chi connectivity index (χ0n) is 16.4. The van der Waals surface area contributed by atoms with Crippen molar-refractivity contribution in [1.29, 1.82) is 0 Å². The number of hydrogen-bond acceptors (Lipinski definition) is 5. The van der Waals surface area contributed by atoms with Gasteiger partial charge in [-0.3, -0.25) is 4.79 Å². The number of piperidine rings is 1. The molecular formula is C23H24N4O2. The minimum atomic E-state index is -0.0435. The molecule has 1 aliphatic heterocycles. The molecule has 0 bridgehead atoms. The third kappa shape index (κ3) is 4.90. The van der Waals surface area contributed by atoms with Crippen LogP contribution < -0.4 is 10.1 Å². The number of carbonyl (C=O) groups excluding carboxylic acids is 1. The van der Waals surface area contributed by atoms with Crippen LogP contribution >= 0.6 is 0 Å². The third-order valence-electron chi connectivity index (χ3n) is 4.93. The lowest BCUT2D eigenvalue weighted by Crippen LogP contribution is -2.39. The van der Waals surface area contributed by atoms with E-state index in [1.165, 1.54) is 6.42 Å². The minimum absolute atomic E-state index is 0.0435. The van der Waals surface area contributed by atoms with Crippen LogP contribution in [0, 0.1) is 5.92 Å². The summed E-state index contributed by atoms with van der Waals surface area (Å²) in [6.45, 7) is 3.76. The first-order valence-corrected chi connectivity index (χ1v) is 9.90. The van der Waals surface area contributed by atoms with Crippen LogP contribution in [0.2, 0.25) is 0 Å². The number of amides is 1. The summed E-state index contributed by atoms with van der Waals surface area (Å²) in [6, 6.07) is 20.7. The Bertz CT molecular complexity index is 943. The molecule has 1 atom stereocenters. The Balaban J connectivity index is 1.36. The molecule has 1 amide bonds. The van der Waals surface area contributed by atoms with Crippen LogP contribution in [0.3, 0.4) is 0 Å². The van der Waals surface area contributed by atoms with Crippen molar-refractivity contribution in [2.75, 3.05) is 18.4 Å². The van der Waals surface area contributed by atoms with Gasteiger partial charge in [0.15, 0.2) is 11.5 Å². The number of para-hydroxylation sites is 1. The Kier molecular flexibility index (Phi) is 5.70. The van der Waals surface area contributed by atoms with Crippen molar-refractivity contribution in [2.24, 2.45) is 5.92 Å². The number of aromatic nitrogens is 2. The Morgan fingerprint density at radius 1 is 1.00 bits per heavy atom. The van der Waals surface area contributed by atoms with Gasteiger partial charge in [-0.2, -0.15) is 0 Å². The van der Waals surface area contributed by atoms with Gasteiger partial charge in [0.25, 0.3) is 5.91 Å². The van der Waals surface area contributed by atoms with E-state index in [4.69, 9.17) is 4.74 Å². The third-order valence-corrected chi connectivity index (χ3v) is 4.93. The van der Waals surface area contributed by atoms with Crippen molar-refractivity contribution >= 4 is 17.4 Å². The number of anilines is 2. The van der Waals surface area contributed by atoms with E-state index in [0.29, 0.717) is 17.4 Å². The normalized spacial score (nSPS) is 16.3. The summed E-state index contributed by atoms with van der Waals surface area (Å²) >= 11 is 0. The fraction of sp³-hybridized carbons (Fsp3) is 0.261. The average Bonchev–Trinajstić information content (AvgIpc) is 2.76. The zero-order valence-corrected chi connectivity index (χ0v) is 16.4. The molecule has 2 aromatic carbocycles. The standard InChI is InChI=1S/C23H24N4O2/c1-17-6-5-15-27(16-17)23(28)21-13-14-22(26-25-21)24-18-9-11-20(12-10-18)29-19-7-3-2-4-8-19/h2-4,7-14,17H,5-6,15-16H2,1H3,(H,24,26). The van der Waals surface area contributed by atoms with E-state index in [9.17, 15) is 4.79 Å². The number of hydrogen-bond donors (Lipinski definition) is 1. The van der Waals surface area contributed by atoms with Crippen molar-refractivity contribution in [3.63, 3.8) is 0 Å². The fourth-order valence-electron chi connectivity index (χ4n) is 3.43. The lowest BCUT2D eigenvalue weighted by Gasteiger charge is -2.30. The van der Waals surface area contributed by atoms with E-state index < -0.39 is 0 Å². The molecule has 3 aromatic rings. The topological polar surface area (TPSA) is 67.4 Å². The summed E-state index contributed by atoms with van der Waals surface area (Å²) in [6.07, 6.45) is 2.22. The maximum Gasteiger partial charge on any atom is 0.274 e. The van der Waals surface area contributed by atoms with Crippen LogP contribution in [0.5, 0.6) is 11.5 Å². The smallest absolute Gasteiger partial charge is 0.274 e. The summed E-state index contributed by atoms with van der Waals surface area (Å²) in [7, 11) is 0. The van der Waals surface area contributed by atoms with Gasteiger partial charge < -0.3 is 15.0 Å². The SMILES string of the molecule is CC1CCCN(C(=O)c2ccc(Nc3ccc(Oc4ccccc4)cc3)nn2)C1. The molecule has 2 heterocycles. The maximum absolute atomic E-state index is 12.6. The second-order valence-corrected chi connectivity index (χ2v) is 7.37. The molecule has 4 rings (SSSR count). The molecule has 1 aliphatic rings. The van der Waals surface area contributed by atoms with E-state index in [1.54, 1.807) is 12.1 Å². The molecule has 1 aromatic heterocycles. The Morgan fingerprint density at radius 2 is 1.76 bits per heavy atom. The molecule has 6 nitrogen and oxygen atoms in total. The van der Waals surface area contributed by atoms with E-state index in [-0.39, 0.29) is 5.91 Å². The van der Waals surface area contributed by atoms with Gasteiger partial charge in [0.2, 0.25) is 0 Å². The highest BCUT2D eigenvalue weighted by Crippen LogP contribution is 2.24. The Morgan fingerprint density at radius 3 is 2.45 bits per heavy atom. The van der Waals surface area contributed by atoms with Gasteiger partial charge in [0.05, 0.1) is 0 Å². The minimum Gasteiger partial charge on any atom is -0.457 e. The molecule has 0 radical (unpaired) electrons. The molecule has 1 fully saturated rings. The molecule has 29 heavy (non-hydrogen) atoms. The summed E-state index contributed by atoms with van der Waals surface area (Å²) in [5.41, 5.74) is 1.25. The maximum atomic E-state index is 12.6. The second-order valence-electron chi connectivity index (χ2n) is 7.37. The summed E-state index contributed by atoms with van der Waals surface area (Å²) in [4.78, 5) is 14.5. The number of carbonyl (C=O) groups is 1. The van der Waals surface area contributed by atoms with Crippen molar-refractivity contribution in [1.82, 2.24) is 15.1 Å². The highest BCUT2D eigenvalue weighted by molar-refractivity contribution is 5.92. The van der Waals surface area contributed by atoms with Crippen molar-refractivity contribution < 1.29 is 9.53 Å². The molecule has 1 N–H and O–H groups in total. The number of likely N-dealkylation sites (tertiary alicyclic amines) is 1. The van der Waals surface area contributed by atoms with Crippen molar-refractivity contribution in [3.05, 3.63) is 72.4 Å². The van der Waals surface area contributed by atoms with Crippen LogP contribution in [-0.2, 0) is 0 Å². The van der Waals surface area contributed by atoms with Crippen LogP contribution in [0.4, 0.5) is 11.5 Å². The van der Waals surface area contributed by atoms with Crippen LogP contribution in [0.25, 0.3) is 0 Å². The van der Waals surface area contributed by atoms with E-state index in [0.717, 1.165) is 36.7 Å². The Labute approximate surface area is 170 Å². The summed E-state index contributed by atoms with van der Waals surface area (Å²) in [5.74, 6) is 2.63. The van der Waals surface area contributed by atoms with Gasteiger partial charge in [0.1, 0.15) is 11.5 Å². The van der Waals surface area contributed by atoms with Crippen LogP contribution in [0.15, 0.2) is 66.7 Å². The van der Waals surface area contributed by atoms with Gasteiger partial charge >= 0.3 is 0 Å². The molecule has 148 valence electrons. The molecule has 6 heteroatoms. The van der Waals surface area contributed by atoms with E-state index in [1.807, 2.05) is 59.5 Å². The highest BCUT2D eigenvalue weighted by Gasteiger charge is 2.23. The van der Waals surface area contributed by atoms with E-state index in [2.05, 4.69) is 22.4 Å². The lowest BCUT2D eigenvalue weighted by atomic mass is 10.00. The van der Waals surface area contributed by atoms with Crippen molar-refractivity contribution in [3.8, 4) is 11.5 Å². The number of nitrogens with zero attached hydrogens (tertiary/aromatic N) is 3. The first-order chi connectivity index (χ1) is 14.2. The number of ether oxygens (including phenoxy) is 1. The van der Waals surface area contributed by atoms with Gasteiger partial charge in [-0.25, -0.2) is 0 Å². The average molecular weight is 388 g/mol. The van der Waals surface area contributed by atoms with Crippen molar-refractivity contribution in [2.45, 2.75) is 19.8 Å². The molecule has 0 aliphatic carbocycles. The van der Waals surface area contributed by atoms with Crippen LogP contribution in [0.1, 0.15) is 30.3 Å². The first kappa shape index (κ1) is 18.9. The fourth-order valence-corrected chi connectivity index (χ4v) is 3.43. The van der Waals surface area contributed by atoms with Gasteiger partial charge in [0, 0.05) is 18.8 Å². The number of rotatable bonds is 5. The summed E-state index contributed by atoms with van der Waals surface area (Å²) in [5, 5.41) is 11.5. The molecular weight excluding hydrogens is 364 g/mol. The first-order valence-electron chi connectivity index (χ1n) is 9.90. The monoisotopic (exact) mass is 388 g/mol. The van der Waals surface area contributed by atoms with Gasteiger partial charge in [-0.1, -0.05) is 25.1 Å². The predicted octanol–water partition coefficient (Wildman–Crippen LogP) is 4.88. The van der Waals surface area contributed by atoms with Gasteiger partial charge in [-0.05, 0) is 67.3 Å². The van der Waals surface area contributed by atoms with Crippen LogP contribution in [-0.4, -0.2) is 34.1 Å². The summed E-state index contributed by atoms with van der Waals surface area (Å²) < 4.78 is 5.79. The zero-order chi connectivity index (χ0) is 20.1. The molecule has 1 saturated heterocycles. The number of benzene rings is 2. The Hall–Kier alpha value is -3.41. The molecule has 0 spiro atoms. The second kappa shape index (κ2) is 8.73. The molecule has 1 unspecified atom stereocenters. The lowest BCUT2D eigenvalue weighted by molar-refractivity contribution is 0.0676. The highest BCUT2D eigenvalue weighted by atomic mass is 16.5. The number of nitrogens with one attached hydrogen (secondary N) is 1. The molecule has 0 saturated carbocycles. The van der Waals surface area contributed by atoms with E-state index >= 15 is 0 Å². The largest absolute Gasteiger partial charge is 0.457 e.